The van der Waals surface area contributed by atoms with Crippen molar-refractivity contribution in [2.45, 2.75) is 13.0 Å². The summed E-state index contributed by atoms with van der Waals surface area (Å²) in [4.78, 5) is 12.6. The molecule has 7 heteroatoms. The first-order valence-electron chi connectivity index (χ1n) is 6.49. The summed E-state index contributed by atoms with van der Waals surface area (Å²) in [6.45, 7) is 2.49. The van der Waals surface area contributed by atoms with Gasteiger partial charge in [-0.2, -0.15) is 0 Å². The number of anilines is 1. The minimum atomic E-state index is -0.440. The lowest BCUT2D eigenvalue weighted by atomic mass is 10.2. The highest BCUT2D eigenvalue weighted by molar-refractivity contribution is 7.17. The van der Waals surface area contributed by atoms with Gasteiger partial charge >= 0.3 is 0 Å². The molecular formula is C14H14FN5S. The van der Waals surface area contributed by atoms with Gasteiger partial charge in [-0.1, -0.05) is 0 Å². The maximum atomic E-state index is 13.9. The second-order valence-corrected chi connectivity index (χ2v) is 5.66. The molecule has 0 bridgehead atoms. The van der Waals surface area contributed by atoms with Crippen LogP contribution in [0.4, 0.5) is 10.2 Å². The lowest BCUT2D eigenvalue weighted by Gasteiger charge is -2.10. The summed E-state index contributed by atoms with van der Waals surface area (Å²) in [5.41, 5.74) is 6.88. The van der Waals surface area contributed by atoms with Crippen molar-refractivity contribution in [3.05, 3.63) is 35.7 Å². The molecule has 0 radical (unpaired) electrons. The Hall–Kier alpha value is -2.12. The SMILES string of the molecule is CC(N)CNc1nc(-c2ccncc2F)nc2ccsc12. The summed E-state index contributed by atoms with van der Waals surface area (Å²) >= 11 is 1.54. The largest absolute Gasteiger partial charge is 0.367 e. The van der Waals surface area contributed by atoms with Gasteiger partial charge in [-0.05, 0) is 24.4 Å². The van der Waals surface area contributed by atoms with E-state index in [4.69, 9.17) is 5.73 Å². The Morgan fingerprint density at radius 3 is 3.00 bits per heavy atom. The number of fused-ring (bicyclic) bond motifs is 1. The minimum Gasteiger partial charge on any atom is -0.367 e. The zero-order valence-corrected chi connectivity index (χ0v) is 12.2. The molecule has 1 unspecified atom stereocenters. The number of nitrogens with zero attached hydrogens (tertiary/aromatic N) is 3. The molecule has 3 N–H and O–H groups in total. The molecule has 3 heterocycles. The second kappa shape index (κ2) is 5.71. The minimum absolute atomic E-state index is 0.00362. The average Bonchev–Trinajstić information content (AvgIpc) is 2.93. The zero-order chi connectivity index (χ0) is 14.8. The molecule has 0 aromatic carbocycles. The van der Waals surface area contributed by atoms with Crippen LogP contribution in [0.5, 0.6) is 0 Å². The summed E-state index contributed by atoms with van der Waals surface area (Å²) in [7, 11) is 0. The monoisotopic (exact) mass is 303 g/mol. The number of halogens is 1. The van der Waals surface area contributed by atoms with Crippen LogP contribution in [0.1, 0.15) is 6.92 Å². The fourth-order valence-electron chi connectivity index (χ4n) is 1.92. The van der Waals surface area contributed by atoms with Crippen molar-refractivity contribution < 1.29 is 4.39 Å². The van der Waals surface area contributed by atoms with Gasteiger partial charge in [0.2, 0.25) is 0 Å². The number of pyridine rings is 1. The van der Waals surface area contributed by atoms with E-state index >= 15 is 0 Å². The lowest BCUT2D eigenvalue weighted by Crippen LogP contribution is -2.25. The van der Waals surface area contributed by atoms with Crippen LogP contribution in [0.2, 0.25) is 0 Å². The van der Waals surface area contributed by atoms with Crippen LogP contribution >= 0.6 is 11.3 Å². The van der Waals surface area contributed by atoms with E-state index in [-0.39, 0.29) is 6.04 Å². The van der Waals surface area contributed by atoms with Gasteiger partial charge in [-0.15, -0.1) is 11.3 Å². The smallest absolute Gasteiger partial charge is 0.165 e. The van der Waals surface area contributed by atoms with Crippen molar-refractivity contribution in [3.8, 4) is 11.4 Å². The van der Waals surface area contributed by atoms with E-state index in [0.29, 0.717) is 23.8 Å². The van der Waals surface area contributed by atoms with Gasteiger partial charge in [0, 0.05) is 18.8 Å². The van der Waals surface area contributed by atoms with Gasteiger partial charge in [0.25, 0.3) is 0 Å². The predicted molar refractivity (Wildman–Crippen MR) is 82.7 cm³/mol. The van der Waals surface area contributed by atoms with Crippen LogP contribution in [0.3, 0.4) is 0 Å². The molecule has 21 heavy (non-hydrogen) atoms. The lowest BCUT2D eigenvalue weighted by molar-refractivity contribution is 0.623. The number of nitrogens with two attached hydrogens (primary N) is 1. The van der Waals surface area contributed by atoms with Crippen molar-refractivity contribution in [3.63, 3.8) is 0 Å². The molecule has 0 spiro atoms. The van der Waals surface area contributed by atoms with Crippen molar-refractivity contribution in [2.75, 3.05) is 11.9 Å². The molecule has 3 aromatic heterocycles. The van der Waals surface area contributed by atoms with E-state index in [9.17, 15) is 4.39 Å². The molecule has 0 amide bonds. The number of hydrogen-bond donors (Lipinski definition) is 2. The van der Waals surface area contributed by atoms with E-state index in [1.54, 1.807) is 6.07 Å². The van der Waals surface area contributed by atoms with Gasteiger partial charge in [0.1, 0.15) is 5.82 Å². The number of rotatable bonds is 4. The molecule has 0 saturated heterocycles. The number of hydrogen-bond acceptors (Lipinski definition) is 6. The molecule has 3 rings (SSSR count). The summed E-state index contributed by atoms with van der Waals surface area (Å²) in [5.74, 6) is 0.580. The van der Waals surface area contributed by atoms with E-state index in [1.165, 1.54) is 17.5 Å². The van der Waals surface area contributed by atoms with Gasteiger partial charge in [0.15, 0.2) is 11.6 Å². The third kappa shape index (κ3) is 2.84. The Kier molecular flexibility index (Phi) is 3.76. The Bertz CT molecular complexity index is 771. The van der Waals surface area contributed by atoms with Gasteiger partial charge in [0.05, 0.1) is 22.0 Å². The average molecular weight is 303 g/mol. The van der Waals surface area contributed by atoms with E-state index in [2.05, 4.69) is 20.3 Å². The van der Waals surface area contributed by atoms with Crippen LogP contribution in [0.25, 0.3) is 21.6 Å². The van der Waals surface area contributed by atoms with Gasteiger partial charge in [-0.25, -0.2) is 14.4 Å². The third-order valence-electron chi connectivity index (χ3n) is 2.91. The molecule has 0 saturated carbocycles. The molecule has 0 aliphatic heterocycles. The first kappa shape index (κ1) is 13.8. The summed E-state index contributed by atoms with van der Waals surface area (Å²) in [6, 6.07) is 3.45. The molecule has 5 nitrogen and oxygen atoms in total. The van der Waals surface area contributed by atoms with Gasteiger partial charge < -0.3 is 11.1 Å². The Morgan fingerprint density at radius 1 is 1.38 bits per heavy atom. The van der Waals surface area contributed by atoms with Crippen LogP contribution in [-0.2, 0) is 0 Å². The van der Waals surface area contributed by atoms with Crippen LogP contribution in [0.15, 0.2) is 29.9 Å². The Balaban J connectivity index is 2.10. The quantitative estimate of drug-likeness (QED) is 0.775. The predicted octanol–water partition coefficient (Wildman–Crippen LogP) is 2.65. The van der Waals surface area contributed by atoms with Crippen molar-refractivity contribution >= 4 is 27.4 Å². The highest BCUT2D eigenvalue weighted by Crippen LogP contribution is 2.29. The topological polar surface area (TPSA) is 76.7 Å². The fraction of sp³-hybridized carbons (Fsp3) is 0.214. The molecule has 3 aromatic rings. The normalized spacial score (nSPS) is 12.5. The third-order valence-corrected chi connectivity index (χ3v) is 3.82. The Labute approximate surface area is 125 Å². The van der Waals surface area contributed by atoms with Crippen molar-refractivity contribution in [1.29, 1.82) is 0 Å². The van der Waals surface area contributed by atoms with Crippen molar-refractivity contribution in [2.24, 2.45) is 5.73 Å². The first-order chi connectivity index (χ1) is 10.1. The zero-order valence-electron chi connectivity index (χ0n) is 11.4. The van der Waals surface area contributed by atoms with Crippen LogP contribution in [0, 0.1) is 5.82 Å². The highest BCUT2D eigenvalue weighted by Gasteiger charge is 2.13. The van der Waals surface area contributed by atoms with Crippen molar-refractivity contribution in [1.82, 2.24) is 15.0 Å². The second-order valence-electron chi connectivity index (χ2n) is 4.74. The summed E-state index contributed by atoms with van der Waals surface area (Å²) in [6.07, 6.45) is 2.68. The number of aromatic nitrogens is 3. The molecular weight excluding hydrogens is 289 g/mol. The first-order valence-corrected chi connectivity index (χ1v) is 7.37. The highest BCUT2D eigenvalue weighted by atomic mass is 32.1. The number of thiophene rings is 1. The van der Waals surface area contributed by atoms with Gasteiger partial charge in [-0.3, -0.25) is 4.98 Å². The van der Waals surface area contributed by atoms with E-state index < -0.39 is 5.82 Å². The van der Waals surface area contributed by atoms with E-state index in [1.807, 2.05) is 18.4 Å². The maximum absolute atomic E-state index is 13.9. The molecule has 1 atom stereocenters. The van der Waals surface area contributed by atoms with E-state index in [0.717, 1.165) is 16.4 Å². The van der Waals surface area contributed by atoms with Crippen LogP contribution < -0.4 is 11.1 Å². The standard InChI is InChI=1S/C14H14FN5S/c1-8(16)6-18-14-12-11(3-5-21-12)19-13(20-14)9-2-4-17-7-10(9)15/h2-5,7-8H,6,16H2,1H3,(H,18,19,20). The summed E-state index contributed by atoms with van der Waals surface area (Å²) < 4.78 is 14.8. The maximum Gasteiger partial charge on any atom is 0.165 e. The molecule has 0 fully saturated rings. The van der Waals surface area contributed by atoms with Crippen LogP contribution in [-0.4, -0.2) is 27.5 Å². The summed E-state index contributed by atoms with van der Waals surface area (Å²) in [5, 5.41) is 5.13. The molecule has 108 valence electrons. The fourth-order valence-corrected chi connectivity index (χ4v) is 2.71. The Morgan fingerprint density at radius 2 is 2.24 bits per heavy atom. The number of nitrogens with one attached hydrogen (secondary N) is 1. The molecule has 0 aliphatic carbocycles. The molecule has 0 aliphatic rings.